The molecule has 0 aromatic heterocycles. The zero-order chi connectivity index (χ0) is 11.5. The summed E-state index contributed by atoms with van der Waals surface area (Å²) >= 11 is 0. The van der Waals surface area contributed by atoms with E-state index in [-0.39, 0.29) is 0 Å². The first-order chi connectivity index (χ1) is 6.91. The lowest BCUT2D eigenvalue weighted by Crippen LogP contribution is -2.43. The van der Waals surface area contributed by atoms with Crippen molar-refractivity contribution in [2.45, 2.75) is 39.3 Å². The Kier molecular flexibility index (Phi) is 4.56. The number of hydrogen-bond donors (Lipinski definition) is 1. The van der Waals surface area contributed by atoms with Gasteiger partial charge >= 0.3 is 0 Å². The van der Waals surface area contributed by atoms with Crippen LogP contribution in [-0.2, 0) is 4.74 Å². The first kappa shape index (κ1) is 12.9. The second kappa shape index (κ2) is 5.28. The monoisotopic (exact) mass is 214 g/mol. The van der Waals surface area contributed by atoms with Crippen LogP contribution in [0.25, 0.3) is 0 Å². The lowest BCUT2D eigenvalue weighted by molar-refractivity contribution is 0.109. The van der Waals surface area contributed by atoms with E-state index in [0.717, 1.165) is 26.1 Å². The smallest absolute Gasteiger partial charge is 0.0700 e. The predicted octanol–water partition coefficient (Wildman–Crippen LogP) is 1.34. The minimum absolute atomic E-state index is 0.325. The van der Waals surface area contributed by atoms with Gasteiger partial charge in [0.2, 0.25) is 0 Å². The molecule has 0 unspecified atom stereocenters. The molecule has 0 aromatic carbocycles. The fourth-order valence-corrected chi connectivity index (χ4v) is 2.32. The summed E-state index contributed by atoms with van der Waals surface area (Å²) in [5, 5.41) is 3.63. The van der Waals surface area contributed by atoms with Crippen LogP contribution in [0, 0.1) is 5.41 Å². The third kappa shape index (κ3) is 4.49. The van der Waals surface area contributed by atoms with Crippen LogP contribution in [0.4, 0.5) is 0 Å². The van der Waals surface area contributed by atoms with E-state index in [2.05, 4.69) is 45.1 Å². The molecule has 1 aliphatic rings. The highest BCUT2D eigenvalue weighted by molar-refractivity contribution is 4.83. The Labute approximate surface area is 94.2 Å². The Morgan fingerprint density at radius 2 is 2.07 bits per heavy atom. The van der Waals surface area contributed by atoms with Gasteiger partial charge in [0.15, 0.2) is 0 Å². The summed E-state index contributed by atoms with van der Waals surface area (Å²) in [7, 11) is 4.26. The number of nitrogens with one attached hydrogen (secondary N) is 1. The van der Waals surface area contributed by atoms with Gasteiger partial charge in [0.25, 0.3) is 0 Å². The van der Waals surface area contributed by atoms with Gasteiger partial charge < -0.3 is 15.0 Å². The molecule has 0 aliphatic carbocycles. The molecule has 1 saturated heterocycles. The molecule has 1 N–H and O–H groups in total. The predicted molar refractivity (Wildman–Crippen MR) is 64.2 cm³/mol. The van der Waals surface area contributed by atoms with Crippen molar-refractivity contribution < 1.29 is 4.74 Å². The van der Waals surface area contributed by atoms with Gasteiger partial charge in [-0.15, -0.1) is 0 Å². The molecule has 0 amide bonds. The quantitative estimate of drug-likeness (QED) is 0.747. The maximum Gasteiger partial charge on any atom is 0.0700 e. The lowest BCUT2D eigenvalue weighted by Gasteiger charge is -2.30. The van der Waals surface area contributed by atoms with Crippen LogP contribution in [0.15, 0.2) is 0 Å². The molecule has 0 bridgehead atoms. The summed E-state index contributed by atoms with van der Waals surface area (Å²) < 4.78 is 5.54. The highest BCUT2D eigenvalue weighted by Crippen LogP contribution is 2.18. The highest BCUT2D eigenvalue weighted by atomic mass is 16.5. The van der Waals surface area contributed by atoms with E-state index in [1.54, 1.807) is 0 Å². The fraction of sp³-hybridized carbons (Fsp3) is 1.00. The maximum absolute atomic E-state index is 5.54. The molecular weight excluding hydrogens is 188 g/mol. The van der Waals surface area contributed by atoms with Crippen molar-refractivity contribution in [1.82, 2.24) is 10.2 Å². The first-order valence-electron chi connectivity index (χ1n) is 5.90. The fourth-order valence-electron chi connectivity index (χ4n) is 2.32. The summed E-state index contributed by atoms with van der Waals surface area (Å²) in [5.41, 5.74) is 0.325. The third-order valence-corrected chi connectivity index (χ3v) is 2.96. The normalized spacial score (nSPS) is 27.6. The van der Waals surface area contributed by atoms with E-state index in [9.17, 15) is 0 Å². The molecule has 1 heterocycles. The minimum atomic E-state index is 0.325. The van der Waals surface area contributed by atoms with Crippen LogP contribution in [-0.4, -0.2) is 50.8 Å². The van der Waals surface area contributed by atoms with Gasteiger partial charge in [0, 0.05) is 25.7 Å². The van der Waals surface area contributed by atoms with Crippen molar-refractivity contribution in [3.8, 4) is 0 Å². The topological polar surface area (TPSA) is 24.5 Å². The molecule has 3 nitrogen and oxygen atoms in total. The SMILES string of the molecule is C[C@H]1OCC[C@@H]1NCC(C)(C)CN(C)C. The average Bonchev–Trinajstić information content (AvgIpc) is 2.45. The molecule has 1 aliphatic heterocycles. The lowest BCUT2D eigenvalue weighted by atomic mass is 9.92. The Balaban J connectivity index is 2.28. The molecule has 90 valence electrons. The first-order valence-corrected chi connectivity index (χ1v) is 5.90. The molecule has 0 spiro atoms. The summed E-state index contributed by atoms with van der Waals surface area (Å²) in [4.78, 5) is 2.25. The second-order valence-corrected chi connectivity index (χ2v) is 5.75. The third-order valence-electron chi connectivity index (χ3n) is 2.96. The zero-order valence-electron chi connectivity index (χ0n) is 10.8. The summed E-state index contributed by atoms with van der Waals surface area (Å²) in [6.07, 6.45) is 1.53. The van der Waals surface area contributed by atoms with Gasteiger partial charge in [-0.2, -0.15) is 0 Å². The molecule has 1 rings (SSSR count). The molecule has 0 aromatic rings. The highest BCUT2D eigenvalue weighted by Gasteiger charge is 2.26. The largest absolute Gasteiger partial charge is 0.377 e. The standard InChI is InChI=1S/C12H26N2O/c1-10-11(6-7-15-10)13-8-12(2,3)9-14(4)5/h10-11,13H,6-9H2,1-5H3/t10-,11+/m1/s1. The summed E-state index contributed by atoms with van der Waals surface area (Å²) in [6, 6.07) is 0.548. The second-order valence-electron chi connectivity index (χ2n) is 5.75. The van der Waals surface area contributed by atoms with Gasteiger partial charge in [-0.05, 0) is 32.9 Å². The molecule has 0 saturated carbocycles. The van der Waals surface area contributed by atoms with Crippen LogP contribution in [0.1, 0.15) is 27.2 Å². The van der Waals surface area contributed by atoms with Crippen LogP contribution >= 0.6 is 0 Å². The van der Waals surface area contributed by atoms with E-state index in [0.29, 0.717) is 17.6 Å². The number of ether oxygens (including phenoxy) is 1. The van der Waals surface area contributed by atoms with E-state index in [4.69, 9.17) is 4.74 Å². The van der Waals surface area contributed by atoms with Gasteiger partial charge in [0.1, 0.15) is 0 Å². The zero-order valence-corrected chi connectivity index (χ0v) is 10.8. The van der Waals surface area contributed by atoms with Gasteiger partial charge in [0.05, 0.1) is 6.10 Å². The van der Waals surface area contributed by atoms with Gasteiger partial charge in [-0.25, -0.2) is 0 Å². The van der Waals surface area contributed by atoms with Crippen molar-refractivity contribution >= 4 is 0 Å². The minimum Gasteiger partial charge on any atom is -0.377 e. The number of nitrogens with zero attached hydrogens (tertiary/aromatic N) is 1. The molecule has 0 radical (unpaired) electrons. The molecular formula is C12H26N2O. The van der Waals surface area contributed by atoms with Crippen LogP contribution in [0.3, 0.4) is 0 Å². The maximum atomic E-state index is 5.54. The van der Waals surface area contributed by atoms with Crippen LogP contribution in [0.5, 0.6) is 0 Å². The molecule has 2 atom stereocenters. The van der Waals surface area contributed by atoms with Gasteiger partial charge in [-0.3, -0.25) is 0 Å². The summed E-state index contributed by atoms with van der Waals surface area (Å²) in [6.45, 7) is 9.85. The van der Waals surface area contributed by atoms with Crippen molar-refractivity contribution in [2.24, 2.45) is 5.41 Å². The van der Waals surface area contributed by atoms with Crippen molar-refractivity contribution in [3.63, 3.8) is 0 Å². The molecule has 3 heteroatoms. The molecule has 15 heavy (non-hydrogen) atoms. The van der Waals surface area contributed by atoms with E-state index >= 15 is 0 Å². The van der Waals surface area contributed by atoms with E-state index in [1.165, 1.54) is 0 Å². The van der Waals surface area contributed by atoms with Crippen molar-refractivity contribution in [2.75, 3.05) is 33.8 Å². The van der Waals surface area contributed by atoms with E-state index in [1.807, 2.05) is 0 Å². The van der Waals surface area contributed by atoms with Crippen molar-refractivity contribution in [1.29, 1.82) is 0 Å². The Morgan fingerprint density at radius 3 is 2.53 bits per heavy atom. The Bertz CT molecular complexity index is 192. The summed E-state index contributed by atoms with van der Waals surface area (Å²) in [5.74, 6) is 0. The number of hydrogen-bond acceptors (Lipinski definition) is 3. The van der Waals surface area contributed by atoms with E-state index < -0.39 is 0 Å². The number of rotatable bonds is 5. The van der Waals surface area contributed by atoms with Gasteiger partial charge in [-0.1, -0.05) is 13.8 Å². The van der Waals surface area contributed by atoms with Crippen LogP contribution in [0.2, 0.25) is 0 Å². The molecule has 1 fully saturated rings. The Hall–Kier alpha value is -0.120. The van der Waals surface area contributed by atoms with Crippen molar-refractivity contribution in [3.05, 3.63) is 0 Å². The Morgan fingerprint density at radius 1 is 1.40 bits per heavy atom. The van der Waals surface area contributed by atoms with Crippen LogP contribution < -0.4 is 5.32 Å². The average molecular weight is 214 g/mol.